The van der Waals surface area contributed by atoms with Gasteiger partial charge in [0.25, 0.3) is 0 Å². The maximum Gasteiger partial charge on any atom is 0.144 e. The van der Waals surface area contributed by atoms with Crippen molar-refractivity contribution < 1.29 is 4.74 Å². The molecule has 5 heteroatoms. The maximum absolute atomic E-state index is 5.22. The molecule has 0 saturated carbocycles. The van der Waals surface area contributed by atoms with Gasteiger partial charge >= 0.3 is 0 Å². The van der Waals surface area contributed by atoms with E-state index in [0.717, 1.165) is 28.4 Å². The minimum Gasteiger partial charge on any atom is -0.378 e. The number of hydrogen-bond donors (Lipinski definition) is 1. The van der Waals surface area contributed by atoms with Crippen molar-refractivity contribution >= 4 is 21.7 Å². The van der Waals surface area contributed by atoms with Gasteiger partial charge in [0.2, 0.25) is 0 Å². The standard InChI is InChI=1S/C16H20BrN3O/c1-4-18-16-15(17)13(10-21-3)19-14(20-16)9-12-7-5-6-11(2)8-12/h5-8H,4,9-10H2,1-3H3,(H,18,19,20). The third-order valence-corrected chi connectivity index (χ3v) is 3.87. The molecule has 1 aromatic heterocycles. The minimum absolute atomic E-state index is 0.461. The molecule has 2 aromatic rings. The number of halogens is 1. The van der Waals surface area contributed by atoms with E-state index in [1.54, 1.807) is 7.11 Å². The van der Waals surface area contributed by atoms with Gasteiger partial charge in [-0.25, -0.2) is 9.97 Å². The molecule has 0 unspecified atom stereocenters. The molecule has 1 N–H and O–H groups in total. The molecule has 0 aliphatic rings. The first-order chi connectivity index (χ1) is 10.1. The zero-order chi connectivity index (χ0) is 15.2. The maximum atomic E-state index is 5.22. The Bertz CT molecular complexity index is 589. The van der Waals surface area contributed by atoms with E-state index in [-0.39, 0.29) is 0 Å². The van der Waals surface area contributed by atoms with Crippen LogP contribution in [0.3, 0.4) is 0 Å². The summed E-state index contributed by atoms with van der Waals surface area (Å²) in [5.74, 6) is 1.62. The van der Waals surface area contributed by atoms with Gasteiger partial charge < -0.3 is 10.1 Å². The van der Waals surface area contributed by atoms with Crippen molar-refractivity contribution in [1.82, 2.24) is 9.97 Å². The fourth-order valence-corrected chi connectivity index (χ4v) is 2.58. The summed E-state index contributed by atoms with van der Waals surface area (Å²) in [7, 11) is 1.67. The first-order valence-electron chi connectivity index (χ1n) is 6.97. The first kappa shape index (κ1) is 15.9. The van der Waals surface area contributed by atoms with Gasteiger partial charge in [-0.15, -0.1) is 0 Å². The normalized spacial score (nSPS) is 10.7. The number of benzene rings is 1. The molecule has 0 radical (unpaired) electrons. The van der Waals surface area contributed by atoms with Crippen LogP contribution in [0.4, 0.5) is 5.82 Å². The quantitative estimate of drug-likeness (QED) is 0.863. The topological polar surface area (TPSA) is 47.0 Å². The lowest BCUT2D eigenvalue weighted by atomic mass is 10.1. The molecule has 0 fully saturated rings. The summed E-state index contributed by atoms with van der Waals surface area (Å²) in [6, 6.07) is 8.41. The van der Waals surface area contributed by atoms with E-state index in [4.69, 9.17) is 4.74 Å². The number of ether oxygens (including phenoxy) is 1. The highest BCUT2D eigenvalue weighted by Crippen LogP contribution is 2.25. The van der Waals surface area contributed by atoms with Crippen LogP contribution in [0, 0.1) is 6.92 Å². The van der Waals surface area contributed by atoms with Gasteiger partial charge in [0.15, 0.2) is 0 Å². The number of nitrogens with one attached hydrogen (secondary N) is 1. The zero-order valence-corrected chi connectivity index (χ0v) is 14.2. The monoisotopic (exact) mass is 349 g/mol. The summed E-state index contributed by atoms with van der Waals surface area (Å²) in [4.78, 5) is 9.21. The van der Waals surface area contributed by atoms with Crippen molar-refractivity contribution in [3.8, 4) is 0 Å². The van der Waals surface area contributed by atoms with Crippen LogP contribution < -0.4 is 5.32 Å². The summed E-state index contributed by atoms with van der Waals surface area (Å²) in [5, 5.41) is 3.26. The molecule has 21 heavy (non-hydrogen) atoms. The average molecular weight is 350 g/mol. The minimum atomic E-state index is 0.461. The van der Waals surface area contributed by atoms with Gasteiger partial charge in [-0.1, -0.05) is 29.8 Å². The molecule has 1 aromatic carbocycles. The highest BCUT2D eigenvalue weighted by Gasteiger charge is 2.12. The Kier molecular flexibility index (Phi) is 5.70. The first-order valence-corrected chi connectivity index (χ1v) is 7.77. The Hall–Kier alpha value is -1.46. The van der Waals surface area contributed by atoms with E-state index in [1.807, 2.05) is 6.92 Å². The average Bonchev–Trinajstić information content (AvgIpc) is 2.44. The smallest absolute Gasteiger partial charge is 0.144 e. The van der Waals surface area contributed by atoms with Crippen molar-refractivity contribution in [3.05, 3.63) is 51.4 Å². The lowest BCUT2D eigenvalue weighted by molar-refractivity contribution is 0.180. The molecule has 0 saturated heterocycles. The van der Waals surface area contributed by atoms with Crippen molar-refractivity contribution in [2.75, 3.05) is 19.0 Å². The lowest BCUT2D eigenvalue weighted by Gasteiger charge is -2.12. The van der Waals surface area contributed by atoms with E-state index < -0.39 is 0 Å². The predicted molar refractivity (Wildman–Crippen MR) is 88.6 cm³/mol. The van der Waals surface area contributed by atoms with Crippen LogP contribution in [-0.4, -0.2) is 23.6 Å². The summed E-state index contributed by atoms with van der Waals surface area (Å²) < 4.78 is 6.09. The van der Waals surface area contributed by atoms with E-state index in [9.17, 15) is 0 Å². The SMILES string of the molecule is CCNc1nc(Cc2cccc(C)c2)nc(COC)c1Br. The summed E-state index contributed by atoms with van der Waals surface area (Å²) >= 11 is 3.55. The van der Waals surface area contributed by atoms with Crippen LogP contribution in [0.5, 0.6) is 0 Å². The molecular formula is C16H20BrN3O. The number of nitrogens with zero attached hydrogens (tertiary/aromatic N) is 2. The van der Waals surface area contributed by atoms with Gasteiger partial charge in [0.05, 0.1) is 16.8 Å². The van der Waals surface area contributed by atoms with Gasteiger partial charge in [0, 0.05) is 20.1 Å². The Labute approximate surface area is 134 Å². The van der Waals surface area contributed by atoms with Crippen LogP contribution in [0.15, 0.2) is 28.7 Å². The number of aryl methyl sites for hydroxylation is 1. The van der Waals surface area contributed by atoms with Crippen molar-refractivity contribution in [1.29, 1.82) is 0 Å². The molecule has 2 rings (SSSR count). The molecular weight excluding hydrogens is 330 g/mol. The number of hydrogen-bond acceptors (Lipinski definition) is 4. The highest BCUT2D eigenvalue weighted by molar-refractivity contribution is 9.10. The fourth-order valence-electron chi connectivity index (χ4n) is 2.15. The summed E-state index contributed by atoms with van der Waals surface area (Å²) in [5.41, 5.74) is 3.32. The predicted octanol–water partition coefficient (Wildman–Crippen LogP) is 3.72. The van der Waals surface area contributed by atoms with Crippen LogP contribution in [-0.2, 0) is 17.8 Å². The highest BCUT2D eigenvalue weighted by atomic mass is 79.9. The number of aromatic nitrogens is 2. The Balaban J connectivity index is 2.33. The van der Waals surface area contributed by atoms with Crippen molar-refractivity contribution in [3.63, 3.8) is 0 Å². The van der Waals surface area contributed by atoms with E-state index in [1.165, 1.54) is 11.1 Å². The van der Waals surface area contributed by atoms with Crippen molar-refractivity contribution in [2.24, 2.45) is 0 Å². The van der Waals surface area contributed by atoms with Crippen LogP contribution in [0.1, 0.15) is 29.6 Å². The number of methoxy groups -OCH3 is 1. The second-order valence-corrected chi connectivity index (χ2v) is 5.67. The molecule has 0 amide bonds. The van der Waals surface area contributed by atoms with Crippen LogP contribution in [0.2, 0.25) is 0 Å². The Morgan fingerprint density at radius 3 is 2.76 bits per heavy atom. The lowest BCUT2D eigenvalue weighted by Crippen LogP contribution is -2.09. The Morgan fingerprint density at radius 2 is 2.10 bits per heavy atom. The second-order valence-electron chi connectivity index (χ2n) is 4.88. The summed E-state index contributed by atoms with van der Waals surface area (Å²) in [6.07, 6.45) is 0.712. The van der Waals surface area contributed by atoms with E-state index in [0.29, 0.717) is 13.0 Å². The second kappa shape index (κ2) is 7.52. The van der Waals surface area contributed by atoms with E-state index in [2.05, 4.69) is 62.4 Å². The summed E-state index contributed by atoms with van der Waals surface area (Å²) in [6.45, 7) is 5.41. The molecule has 0 spiro atoms. The molecule has 112 valence electrons. The zero-order valence-electron chi connectivity index (χ0n) is 12.6. The van der Waals surface area contributed by atoms with Crippen LogP contribution >= 0.6 is 15.9 Å². The molecule has 0 bridgehead atoms. The molecule has 4 nitrogen and oxygen atoms in total. The number of anilines is 1. The molecule has 0 aliphatic heterocycles. The van der Waals surface area contributed by atoms with Crippen LogP contribution in [0.25, 0.3) is 0 Å². The van der Waals surface area contributed by atoms with Gasteiger partial charge in [-0.05, 0) is 35.3 Å². The third kappa shape index (κ3) is 4.25. The van der Waals surface area contributed by atoms with Gasteiger partial charge in [-0.2, -0.15) is 0 Å². The molecule has 1 heterocycles. The largest absolute Gasteiger partial charge is 0.378 e. The van der Waals surface area contributed by atoms with Gasteiger partial charge in [0.1, 0.15) is 11.6 Å². The van der Waals surface area contributed by atoms with E-state index >= 15 is 0 Å². The van der Waals surface area contributed by atoms with Crippen molar-refractivity contribution in [2.45, 2.75) is 26.9 Å². The van der Waals surface area contributed by atoms with Gasteiger partial charge in [-0.3, -0.25) is 0 Å². The third-order valence-electron chi connectivity index (χ3n) is 3.04. The molecule has 0 atom stereocenters. The molecule has 0 aliphatic carbocycles. The number of rotatable bonds is 6. The Morgan fingerprint density at radius 1 is 1.29 bits per heavy atom. The fraction of sp³-hybridized carbons (Fsp3) is 0.375.